The molecule has 1 aromatic heterocycles. The third-order valence-corrected chi connectivity index (χ3v) is 6.04. The highest BCUT2D eigenvalue weighted by Gasteiger charge is 2.19. The number of thiophene rings is 1. The first-order valence-electron chi connectivity index (χ1n) is 7.85. The SMILES string of the molecule is CCNC(Cc1ccc(Br)cc1)c1cc2c(s1)CCCC2. The van der Waals surface area contributed by atoms with Gasteiger partial charge in [-0.3, -0.25) is 0 Å². The highest BCUT2D eigenvalue weighted by atomic mass is 79.9. The van der Waals surface area contributed by atoms with E-state index in [0.29, 0.717) is 6.04 Å². The Morgan fingerprint density at radius 2 is 1.95 bits per heavy atom. The summed E-state index contributed by atoms with van der Waals surface area (Å²) in [5.41, 5.74) is 3.01. The Balaban J connectivity index is 1.80. The van der Waals surface area contributed by atoms with E-state index in [1.165, 1.54) is 36.1 Å². The lowest BCUT2D eigenvalue weighted by molar-refractivity contribution is 0.558. The van der Waals surface area contributed by atoms with Gasteiger partial charge in [-0.2, -0.15) is 0 Å². The molecule has 1 heterocycles. The number of likely N-dealkylation sites (N-methyl/N-ethyl adjacent to an activating group) is 1. The average Bonchev–Trinajstić information content (AvgIpc) is 2.93. The van der Waals surface area contributed by atoms with Crippen LogP contribution in [0.1, 0.15) is 46.7 Å². The average molecular weight is 364 g/mol. The van der Waals surface area contributed by atoms with Crippen molar-refractivity contribution < 1.29 is 0 Å². The van der Waals surface area contributed by atoms with E-state index in [4.69, 9.17) is 0 Å². The van der Waals surface area contributed by atoms with E-state index in [2.05, 4.69) is 58.5 Å². The molecule has 0 saturated heterocycles. The van der Waals surface area contributed by atoms with Crippen LogP contribution in [0.2, 0.25) is 0 Å². The van der Waals surface area contributed by atoms with Gasteiger partial charge in [-0.15, -0.1) is 11.3 Å². The maximum atomic E-state index is 3.67. The Hall–Kier alpha value is -0.640. The first kappa shape index (κ1) is 15.3. The summed E-state index contributed by atoms with van der Waals surface area (Å²) in [7, 11) is 0. The third-order valence-electron chi connectivity index (χ3n) is 4.16. The lowest BCUT2D eigenvalue weighted by atomic mass is 9.98. The molecule has 112 valence electrons. The molecule has 3 heteroatoms. The molecular formula is C18H22BrNS. The van der Waals surface area contributed by atoms with Crippen molar-refractivity contribution in [3.8, 4) is 0 Å². The summed E-state index contributed by atoms with van der Waals surface area (Å²) >= 11 is 5.55. The zero-order valence-corrected chi connectivity index (χ0v) is 14.9. The second kappa shape index (κ2) is 7.08. The summed E-state index contributed by atoms with van der Waals surface area (Å²) in [6, 6.07) is 11.6. The second-order valence-electron chi connectivity index (χ2n) is 5.75. The zero-order valence-electron chi connectivity index (χ0n) is 12.5. The molecule has 3 rings (SSSR count). The number of benzene rings is 1. The Morgan fingerprint density at radius 1 is 1.19 bits per heavy atom. The molecular weight excluding hydrogens is 342 g/mol. The van der Waals surface area contributed by atoms with Gasteiger partial charge in [-0.1, -0.05) is 35.0 Å². The molecule has 1 unspecified atom stereocenters. The van der Waals surface area contributed by atoms with Crippen molar-refractivity contribution in [1.82, 2.24) is 5.32 Å². The number of hydrogen-bond donors (Lipinski definition) is 1. The van der Waals surface area contributed by atoms with Crippen molar-refractivity contribution in [2.45, 2.75) is 45.1 Å². The lowest BCUT2D eigenvalue weighted by Gasteiger charge is -2.16. The van der Waals surface area contributed by atoms with E-state index < -0.39 is 0 Å². The standard InChI is InChI=1S/C18H22BrNS/c1-2-20-16(11-13-7-9-15(19)10-8-13)18-12-14-5-3-4-6-17(14)21-18/h7-10,12,16,20H,2-6,11H2,1H3. The monoisotopic (exact) mass is 363 g/mol. The van der Waals surface area contributed by atoms with E-state index in [1.54, 1.807) is 10.4 Å². The van der Waals surface area contributed by atoms with Crippen LogP contribution in [0.15, 0.2) is 34.8 Å². The molecule has 1 aromatic carbocycles. The highest BCUT2D eigenvalue weighted by Crippen LogP contribution is 2.34. The van der Waals surface area contributed by atoms with Gasteiger partial charge in [0.15, 0.2) is 0 Å². The molecule has 1 aliphatic carbocycles. The lowest BCUT2D eigenvalue weighted by Crippen LogP contribution is -2.22. The molecule has 0 aliphatic heterocycles. The molecule has 1 aliphatic rings. The summed E-state index contributed by atoms with van der Waals surface area (Å²) in [4.78, 5) is 3.15. The molecule has 0 saturated carbocycles. The molecule has 0 bridgehead atoms. The molecule has 0 spiro atoms. The normalized spacial score (nSPS) is 15.7. The van der Waals surface area contributed by atoms with Crippen molar-refractivity contribution in [3.63, 3.8) is 0 Å². The van der Waals surface area contributed by atoms with Crippen LogP contribution in [0.5, 0.6) is 0 Å². The highest BCUT2D eigenvalue weighted by molar-refractivity contribution is 9.10. The Kier molecular flexibility index (Phi) is 5.15. The second-order valence-corrected chi connectivity index (χ2v) is 7.83. The molecule has 0 fully saturated rings. The van der Waals surface area contributed by atoms with Crippen LogP contribution in [0, 0.1) is 0 Å². The predicted octanol–water partition coefficient (Wildman–Crippen LogP) is 5.28. The molecule has 0 radical (unpaired) electrons. The minimum Gasteiger partial charge on any atom is -0.309 e. The molecule has 0 amide bonds. The maximum absolute atomic E-state index is 3.67. The van der Waals surface area contributed by atoms with Gasteiger partial charge in [-0.25, -0.2) is 0 Å². The van der Waals surface area contributed by atoms with Crippen molar-refractivity contribution in [2.75, 3.05) is 6.54 Å². The van der Waals surface area contributed by atoms with Crippen molar-refractivity contribution in [3.05, 3.63) is 55.7 Å². The van der Waals surface area contributed by atoms with Crippen LogP contribution in [0.3, 0.4) is 0 Å². The fourth-order valence-electron chi connectivity index (χ4n) is 3.06. The summed E-state index contributed by atoms with van der Waals surface area (Å²) < 4.78 is 1.15. The molecule has 1 N–H and O–H groups in total. The summed E-state index contributed by atoms with van der Waals surface area (Å²) in [5, 5.41) is 3.67. The van der Waals surface area contributed by atoms with E-state index in [-0.39, 0.29) is 0 Å². The quantitative estimate of drug-likeness (QED) is 0.761. The Bertz CT molecular complexity index is 564. The molecule has 2 aromatic rings. The minimum atomic E-state index is 0.451. The zero-order chi connectivity index (χ0) is 14.7. The van der Waals surface area contributed by atoms with Gasteiger partial charge in [0.1, 0.15) is 0 Å². The fraction of sp³-hybridized carbons (Fsp3) is 0.444. The molecule has 1 atom stereocenters. The number of aryl methyl sites for hydroxylation is 2. The molecule has 1 nitrogen and oxygen atoms in total. The summed E-state index contributed by atoms with van der Waals surface area (Å²) in [5.74, 6) is 0. The van der Waals surface area contributed by atoms with Crippen molar-refractivity contribution in [1.29, 1.82) is 0 Å². The van der Waals surface area contributed by atoms with E-state index in [1.807, 2.05) is 11.3 Å². The number of fused-ring (bicyclic) bond motifs is 1. The van der Waals surface area contributed by atoms with Gasteiger partial charge in [0.25, 0.3) is 0 Å². The minimum absolute atomic E-state index is 0.451. The fourth-order valence-corrected chi connectivity index (χ4v) is 4.66. The van der Waals surface area contributed by atoms with Crippen LogP contribution in [-0.4, -0.2) is 6.54 Å². The van der Waals surface area contributed by atoms with Gasteiger partial charge >= 0.3 is 0 Å². The van der Waals surface area contributed by atoms with Crippen LogP contribution in [0.25, 0.3) is 0 Å². The van der Waals surface area contributed by atoms with Crippen LogP contribution in [0.4, 0.5) is 0 Å². The van der Waals surface area contributed by atoms with Gasteiger partial charge in [0, 0.05) is 20.3 Å². The summed E-state index contributed by atoms with van der Waals surface area (Å²) in [6.07, 6.45) is 6.37. The number of halogens is 1. The van der Waals surface area contributed by atoms with Crippen molar-refractivity contribution in [2.24, 2.45) is 0 Å². The summed E-state index contributed by atoms with van der Waals surface area (Å²) in [6.45, 7) is 3.21. The number of rotatable bonds is 5. The van der Waals surface area contributed by atoms with E-state index >= 15 is 0 Å². The van der Waals surface area contributed by atoms with E-state index in [0.717, 1.165) is 17.4 Å². The van der Waals surface area contributed by atoms with Gasteiger partial charge < -0.3 is 5.32 Å². The maximum Gasteiger partial charge on any atom is 0.0455 e. The van der Waals surface area contributed by atoms with Gasteiger partial charge in [0.2, 0.25) is 0 Å². The van der Waals surface area contributed by atoms with Crippen LogP contribution >= 0.6 is 27.3 Å². The Morgan fingerprint density at radius 3 is 2.67 bits per heavy atom. The van der Waals surface area contributed by atoms with Crippen LogP contribution < -0.4 is 5.32 Å². The predicted molar refractivity (Wildman–Crippen MR) is 95.2 cm³/mol. The largest absolute Gasteiger partial charge is 0.309 e. The third kappa shape index (κ3) is 3.77. The van der Waals surface area contributed by atoms with Gasteiger partial charge in [0.05, 0.1) is 0 Å². The number of nitrogens with one attached hydrogen (secondary N) is 1. The number of hydrogen-bond acceptors (Lipinski definition) is 2. The van der Waals surface area contributed by atoms with Crippen LogP contribution in [-0.2, 0) is 19.3 Å². The first-order chi connectivity index (χ1) is 10.3. The van der Waals surface area contributed by atoms with Crippen molar-refractivity contribution >= 4 is 27.3 Å². The van der Waals surface area contributed by atoms with Gasteiger partial charge in [-0.05, 0) is 68.0 Å². The van der Waals surface area contributed by atoms with E-state index in [9.17, 15) is 0 Å². The molecule has 21 heavy (non-hydrogen) atoms. The smallest absolute Gasteiger partial charge is 0.0455 e. The Labute approximate surface area is 139 Å². The topological polar surface area (TPSA) is 12.0 Å². The first-order valence-corrected chi connectivity index (χ1v) is 9.46.